The summed E-state index contributed by atoms with van der Waals surface area (Å²) in [5.41, 5.74) is 1.64. The Labute approximate surface area is 142 Å². The molecule has 2 rings (SSSR count). The zero-order valence-corrected chi connectivity index (χ0v) is 14.8. The Balaban J connectivity index is 2.30. The Morgan fingerprint density at radius 3 is 2.50 bits per heavy atom. The van der Waals surface area contributed by atoms with Crippen LogP contribution in [0.15, 0.2) is 47.6 Å². The van der Waals surface area contributed by atoms with Crippen LogP contribution >= 0.6 is 0 Å². The Morgan fingerprint density at radius 2 is 1.88 bits per heavy atom. The van der Waals surface area contributed by atoms with Gasteiger partial charge >= 0.3 is 0 Å². The first-order valence-electron chi connectivity index (χ1n) is 7.65. The molecule has 7 heteroatoms. The fourth-order valence-electron chi connectivity index (χ4n) is 2.07. The van der Waals surface area contributed by atoms with Gasteiger partial charge < -0.3 is 5.32 Å². The molecule has 1 amide bonds. The van der Waals surface area contributed by atoms with Gasteiger partial charge in [0.1, 0.15) is 0 Å². The van der Waals surface area contributed by atoms with Crippen molar-refractivity contribution < 1.29 is 13.2 Å². The maximum atomic E-state index is 12.7. The molecule has 0 radical (unpaired) electrons. The Bertz CT molecular complexity index is 817. The van der Waals surface area contributed by atoms with E-state index in [-0.39, 0.29) is 10.8 Å². The fraction of sp³-hybridized carbons (Fsp3) is 0.294. The summed E-state index contributed by atoms with van der Waals surface area (Å²) in [5, 5.41) is 2.74. The number of nitrogens with one attached hydrogen (secondary N) is 1. The van der Waals surface area contributed by atoms with Crippen LogP contribution in [0.3, 0.4) is 0 Å². The van der Waals surface area contributed by atoms with Crippen molar-refractivity contribution >= 4 is 21.6 Å². The van der Waals surface area contributed by atoms with Crippen LogP contribution in [0.1, 0.15) is 29.3 Å². The Hall–Kier alpha value is -2.41. The average Bonchev–Trinajstić information content (AvgIpc) is 2.59. The third kappa shape index (κ3) is 3.91. The van der Waals surface area contributed by atoms with Gasteiger partial charge in [0.2, 0.25) is 0 Å². The SMILES string of the molecule is CCCNC(=O)c1cncc(N(C)S(=O)(=O)c2ccc(C)cc2)c1. The van der Waals surface area contributed by atoms with E-state index in [1.54, 1.807) is 24.3 Å². The molecule has 1 N–H and O–H groups in total. The summed E-state index contributed by atoms with van der Waals surface area (Å²) in [4.78, 5) is 16.2. The van der Waals surface area contributed by atoms with Crippen LogP contribution in [0.4, 0.5) is 5.69 Å². The predicted molar refractivity (Wildman–Crippen MR) is 93.6 cm³/mol. The molecule has 0 unspecified atom stereocenters. The van der Waals surface area contributed by atoms with Crippen molar-refractivity contribution in [2.75, 3.05) is 17.9 Å². The molecular weight excluding hydrogens is 326 g/mol. The number of benzene rings is 1. The molecule has 0 bridgehead atoms. The molecule has 1 aromatic carbocycles. The summed E-state index contributed by atoms with van der Waals surface area (Å²) in [5.74, 6) is -0.271. The lowest BCUT2D eigenvalue weighted by molar-refractivity contribution is 0.0953. The van der Waals surface area contributed by atoms with E-state index in [1.807, 2.05) is 13.8 Å². The highest BCUT2D eigenvalue weighted by molar-refractivity contribution is 7.92. The highest BCUT2D eigenvalue weighted by Crippen LogP contribution is 2.22. The summed E-state index contributed by atoms with van der Waals surface area (Å²) in [7, 11) is -2.26. The number of aromatic nitrogens is 1. The van der Waals surface area contributed by atoms with Gasteiger partial charge in [-0.1, -0.05) is 24.6 Å². The number of anilines is 1. The number of carbonyl (C=O) groups is 1. The third-order valence-electron chi connectivity index (χ3n) is 3.56. The fourth-order valence-corrected chi connectivity index (χ4v) is 3.25. The van der Waals surface area contributed by atoms with E-state index in [2.05, 4.69) is 10.3 Å². The largest absolute Gasteiger partial charge is 0.352 e. The van der Waals surface area contributed by atoms with E-state index in [9.17, 15) is 13.2 Å². The molecule has 6 nitrogen and oxygen atoms in total. The van der Waals surface area contributed by atoms with Crippen LogP contribution in [0.25, 0.3) is 0 Å². The first-order chi connectivity index (χ1) is 11.4. The lowest BCUT2D eigenvalue weighted by Crippen LogP contribution is -2.28. The van der Waals surface area contributed by atoms with Crippen LogP contribution in [-0.2, 0) is 10.0 Å². The number of aryl methyl sites for hydroxylation is 1. The minimum absolute atomic E-state index is 0.191. The van der Waals surface area contributed by atoms with Gasteiger partial charge in [0.15, 0.2) is 0 Å². The molecule has 1 aromatic heterocycles. The van der Waals surface area contributed by atoms with Gasteiger partial charge in [-0.15, -0.1) is 0 Å². The van der Waals surface area contributed by atoms with Crippen LogP contribution in [0, 0.1) is 6.92 Å². The molecule has 2 aromatic rings. The van der Waals surface area contributed by atoms with E-state index in [0.29, 0.717) is 17.8 Å². The molecular formula is C17H21N3O3S. The van der Waals surface area contributed by atoms with E-state index >= 15 is 0 Å². The monoisotopic (exact) mass is 347 g/mol. The van der Waals surface area contributed by atoms with Crippen LogP contribution in [0.5, 0.6) is 0 Å². The number of pyridine rings is 1. The number of hydrogen-bond acceptors (Lipinski definition) is 4. The molecule has 0 aliphatic carbocycles. The van der Waals surface area contributed by atoms with E-state index in [0.717, 1.165) is 16.3 Å². The second-order valence-corrected chi connectivity index (χ2v) is 7.44. The summed E-state index contributed by atoms with van der Waals surface area (Å²) in [6.45, 7) is 4.40. The lowest BCUT2D eigenvalue weighted by Gasteiger charge is -2.19. The molecule has 0 aliphatic heterocycles. The van der Waals surface area contributed by atoms with Gasteiger partial charge in [-0.05, 0) is 31.5 Å². The van der Waals surface area contributed by atoms with Gasteiger partial charge in [-0.2, -0.15) is 0 Å². The highest BCUT2D eigenvalue weighted by atomic mass is 32.2. The van der Waals surface area contributed by atoms with Gasteiger partial charge in [0, 0.05) is 19.8 Å². The zero-order chi connectivity index (χ0) is 17.7. The molecule has 1 heterocycles. The summed E-state index contributed by atoms with van der Waals surface area (Å²) in [6, 6.07) is 8.13. The van der Waals surface area contributed by atoms with Gasteiger partial charge in [-0.3, -0.25) is 14.1 Å². The maximum Gasteiger partial charge on any atom is 0.264 e. The molecule has 0 aliphatic rings. The quantitative estimate of drug-likeness (QED) is 0.870. The molecule has 0 saturated heterocycles. The average molecular weight is 347 g/mol. The van der Waals surface area contributed by atoms with Crippen molar-refractivity contribution in [3.63, 3.8) is 0 Å². The summed E-state index contributed by atoms with van der Waals surface area (Å²) >= 11 is 0. The van der Waals surface area contributed by atoms with Crippen molar-refractivity contribution in [2.45, 2.75) is 25.2 Å². The van der Waals surface area contributed by atoms with Crippen LogP contribution in [0.2, 0.25) is 0 Å². The Kier molecular flexibility index (Phi) is 5.56. The Morgan fingerprint density at radius 1 is 1.21 bits per heavy atom. The molecule has 128 valence electrons. The minimum Gasteiger partial charge on any atom is -0.352 e. The smallest absolute Gasteiger partial charge is 0.264 e. The second kappa shape index (κ2) is 7.44. The number of nitrogens with zero attached hydrogens (tertiary/aromatic N) is 2. The molecule has 0 spiro atoms. The maximum absolute atomic E-state index is 12.7. The van der Waals surface area contributed by atoms with Crippen molar-refractivity contribution in [3.05, 3.63) is 53.9 Å². The molecule has 0 fully saturated rings. The zero-order valence-electron chi connectivity index (χ0n) is 14.0. The summed E-state index contributed by atoms with van der Waals surface area (Å²) < 4.78 is 26.5. The first-order valence-corrected chi connectivity index (χ1v) is 9.09. The molecule has 0 atom stereocenters. The van der Waals surface area contributed by atoms with Gasteiger partial charge in [-0.25, -0.2) is 8.42 Å². The number of amides is 1. The van der Waals surface area contributed by atoms with E-state index in [1.165, 1.54) is 25.5 Å². The topological polar surface area (TPSA) is 79.4 Å². The van der Waals surface area contributed by atoms with E-state index in [4.69, 9.17) is 0 Å². The normalized spacial score (nSPS) is 11.1. The predicted octanol–water partition coefficient (Wildman–Crippen LogP) is 2.35. The van der Waals surface area contributed by atoms with Crippen molar-refractivity contribution in [2.24, 2.45) is 0 Å². The van der Waals surface area contributed by atoms with Crippen LogP contribution < -0.4 is 9.62 Å². The van der Waals surface area contributed by atoms with Crippen molar-refractivity contribution in [1.29, 1.82) is 0 Å². The number of hydrogen-bond donors (Lipinski definition) is 1. The van der Waals surface area contributed by atoms with E-state index < -0.39 is 10.0 Å². The van der Waals surface area contributed by atoms with Gasteiger partial charge in [0.05, 0.1) is 22.3 Å². The number of sulfonamides is 1. The minimum atomic E-state index is -3.71. The highest BCUT2D eigenvalue weighted by Gasteiger charge is 2.22. The standard InChI is InChI=1S/C17H21N3O3S/c1-4-9-19-17(21)14-10-15(12-18-11-14)20(3)24(22,23)16-7-5-13(2)6-8-16/h5-8,10-12H,4,9H2,1-3H3,(H,19,21). The lowest BCUT2D eigenvalue weighted by atomic mass is 10.2. The van der Waals surface area contributed by atoms with Gasteiger partial charge in [0.25, 0.3) is 15.9 Å². The van der Waals surface area contributed by atoms with Crippen LogP contribution in [-0.4, -0.2) is 32.9 Å². The van der Waals surface area contributed by atoms with Crippen molar-refractivity contribution in [1.82, 2.24) is 10.3 Å². The first kappa shape index (κ1) is 17.9. The van der Waals surface area contributed by atoms with Crippen molar-refractivity contribution in [3.8, 4) is 0 Å². The summed E-state index contributed by atoms with van der Waals surface area (Å²) in [6.07, 6.45) is 3.66. The second-order valence-electron chi connectivity index (χ2n) is 5.47. The third-order valence-corrected chi connectivity index (χ3v) is 5.36. The molecule has 0 saturated carbocycles. The number of rotatable bonds is 6. The number of carbonyl (C=O) groups excluding carboxylic acids is 1. The molecule has 24 heavy (non-hydrogen) atoms.